The summed E-state index contributed by atoms with van der Waals surface area (Å²) >= 11 is 0. The van der Waals surface area contributed by atoms with Gasteiger partial charge in [0.2, 0.25) is 5.91 Å². The van der Waals surface area contributed by atoms with Crippen molar-refractivity contribution >= 4 is 11.6 Å². The number of H-pyrrole nitrogens is 1. The van der Waals surface area contributed by atoms with Gasteiger partial charge in [0, 0.05) is 25.1 Å². The number of hydrogen-bond donors (Lipinski definition) is 2. The molecule has 2 aromatic heterocycles. The van der Waals surface area contributed by atoms with Crippen molar-refractivity contribution in [1.29, 1.82) is 0 Å². The first-order valence-corrected chi connectivity index (χ1v) is 9.15. The lowest BCUT2D eigenvalue weighted by Crippen LogP contribution is -2.30. The van der Waals surface area contributed by atoms with Crippen LogP contribution < -0.4 is 10.9 Å². The van der Waals surface area contributed by atoms with Gasteiger partial charge < -0.3 is 10.3 Å². The molecule has 1 atom stereocenters. The Morgan fingerprint density at radius 1 is 1.26 bits per heavy atom. The Kier molecular flexibility index (Phi) is 4.22. The van der Waals surface area contributed by atoms with E-state index in [1.54, 1.807) is 9.36 Å². The molecule has 27 heavy (non-hydrogen) atoms. The Labute approximate surface area is 157 Å². The summed E-state index contributed by atoms with van der Waals surface area (Å²) in [6.45, 7) is 3.76. The van der Waals surface area contributed by atoms with Crippen molar-refractivity contribution in [1.82, 2.24) is 19.3 Å². The fraction of sp³-hybridized carbons (Fsp3) is 0.350. The number of aromatic nitrogens is 4. The third kappa shape index (κ3) is 2.99. The molecule has 0 spiro atoms. The fourth-order valence-electron chi connectivity index (χ4n) is 3.78. The number of aromatic amines is 1. The predicted molar refractivity (Wildman–Crippen MR) is 103 cm³/mol. The summed E-state index contributed by atoms with van der Waals surface area (Å²) < 4.78 is 3.34. The zero-order valence-corrected chi connectivity index (χ0v) is 15.7. The van der Waals surface area contributed by atoms with Crippen LogP contribution in [0.25, 0.3) is 5.69 Å². The maximum absolute atomic E-state index is 12.9. The van der Waals surface area contributed by atoms with E-state index in [9.17, 15) is 9.59 Å². The smallest absolute Gasteiger partial charge is 0.295 e. The van der Waals surface area contributed by atoms with Gasteiger partial charge in [0.1, 0.15) is 11.5 Å². The summed E-state index contributed by atoms with van der Waals surface area (Å²) in [6.07, 6.45) is 2.14. The van der Waals surface area contributed by atoms with Gasteiger partial charge in [-0.1, -0.05) is 18.2 Å². The second-order valence-electron chi connectivity index (χ2n) is 7.11. The van der Waals surface area contributed by atoms with Crippen LogP contribution in [-0.4, -0.2) is 25.2 Å². The minimum absolute atomic E-state index is 0.112. The summed E-state index contributed by atoms with van der Waals surface area (Å²) in [4.78, 5) is 33.5. The second kappa shape index (κ2) is 6.57. The minimum Gasteiger partial charge on any atom is -0.346 e. The number of imidazole rings is 1. The van der Waals surface area contributed by atoms with E-state index in [1.807, 2.05) is 51.2 Å². The van der Waals surface area contributed by atoms with Crippen LogP contribution in [0, 0.1) is 19.8 Å². The van der Waals surface area contributed by atoms with Crippen molar-refractivity contribution in [2.24, 2.45) is 13.0 Å². The van der Waals surface area contributed by atoms with Gasteiger partial charge in [-0.3, -0.25) is 14.3 Å². The third-order valence-electron chi connectivity index (χ3n) is 5.34. The van der Waals surface area contributed by atoms with E-state index >= 15 is 0 Å². The molecule has 3 aromatic rings. The highest BCUT2D eigenvalue weighted by molar-refractivity contribution is 5.93. The number of amides is 1. The van der Waals surface area contributed by atoms with Gasteiger partial charge in [-0.05, 0) is 38.8 Å². The molecule has 0 fully saturated rings. The van der Waals surface area contributed by atoms with Crippen LogP contribution >= 0.6 is 0 Å². The molecule has 1 amide bonds. The van der Waals surface area contributed by atoms with Gasteiger partial charge in [0.15, 0.2) is 0 Å². The zero-order chi connectivity index (χ0) is 19.1. The highest BCUT2D eigenvalue weighted by Gasteiger charge is 2.28. The lowest BCUT2D eigenvalue weighted by Gasteiger charge is -2.20. The summed E-state index contributed by atoms with van der Waals surface area (Å²) in [5, 5.41) is 2.89. The van der Waals surface area contributed by atoms with E-state index in [0.717, 1.165) is 41.4 Å². The minimum atomic E-state index is -0.219. The number of carbonyl (C=O) groups excluding carboxylic acids is 1. The molecule has 1 unspecified atom stereocenters. The number of anilines is 1. The summed E-state index contributed by atoms with van der Waals surface area (Å²) in [6, 6.07) is 9.41. The Morgan fingerprint density at radius 3 is 2.74 bits per heavy atom. The molecule has 1 aromatic carbocycles. The Balaban J connectivity index is 1.60. The average molecular weight is 365 g/mol. The lowest BCUT2D eigenvalue weighted by molar-refractivity contribution is -0.120. The Hall–Kier alpha value is -3.09. The SMILES string of the molecule is Cc1nc2c([nH]1)CC(C(=O)Nc1c(C)n(C)n(-c3ccccc3)c1=O)CC2. The largest absolute Gasteiger partial charge is 0.346 e. The Bertz CT molecular complexity index is 1060. The van der Waals surface area contributed by atoms with Crippen molar-refractivity contribution in [3.05, 3.63) is 63.6 Å². The van der Waals surface area contributed by atoms with Crippen LogP contribution in [0.2, 0.25) is 0 Å². The molecule has 140 valence electrons. The molecule has 2 N–H and O–H groups in total. The number of nitrogens with one attached hydrogen (secondary N) is 2. The molecule has 7 nitrogen and oxygen atoms in total. The maximum atomic E-state index is 12.9. The van der Waals surface area contributed by atoms with Crippen LogP contribution in [-0.2, 0) is 24.7 Å². The normalized spacial score (nSPS) is 16.2. The third-order valence-corrected chi connectivity index (χ3v) is 5.34. The molecule has 1 aliphatic rings. The monoisotopic (exact) mass is 365 g/mol. The summed E-state index contributed by atoms with van der Waals surface area (Å²) in [5.74, 6) is 0.603. The number of para-hydroxylation sites is 1. The molecule has 0 aliphatic heterocycles. The summed E-state index contributed by atoms with van der Waals surface area (Å²) in [7, 11) is 1.82. The van der Waals surface area contributed by atoms with Crippen molar-refractivity contribution in [2.75, 3.05) is 5.32 Å². The van der Waals surface area contributed by atoms with Crippen LogP contribution in [0.5, 0.6) is 0 Å². The van der Waals surface area contributed by atoms with Crippen LogP contribution in [0.1, 0.15) is 29.3 Å². The number of nitrogens with zero attached hydrogens (tertiary/aromatic N) is 3. The van der Waals surface area contributed by atoms with Crippen molar-refractivity contribution in [2.45, 2.75) is 33.1 Å². The first kappa shape index (κ1) is 17.3. The van der Waals surface area contributed by atoms with Gasteiger partial charge in [0.05, 0.1) is 17.1 Å². The molecule has 2 heterocycles. The van der Waals surface area contributed by atoms with Crippen LogP contribution in [0.15, 0.2) is 35.1 Å². The number of fused-ring (bicyclic) bond motifs is 1. The van der Waals surface area contributed by atoms with E-state index in [0.29, 0.717) is 12.1 Å². The molecular weight excluding hydrogens is 342 g/mol. The van der Waals surface area contributed by atoms with Gasteiger partial charge in [-0.15, -0.1) is 0 Å². The van der Waals surface area contributed by atoms with E-state index in [-0.39, 0.29) is 17.4 Å². The number of carbonyl (C=O) groups is 1. The zero-order valence-electron chi connectivity index (χ0n) is 15.7. The molecule has 7 heteroatoms. The van der Waals surface area contributed by atoms with E-state index in [1.165, 1.54) is 0 Å². The number of hydrogen-bond acceptors (Lipinski definition) is 3. The number of rotatable bonds is 3. The first-order chi connectivity index (χ1) is 13.0. The number of benzene rings is 1. The van der Waals surface area contributed by atoms with Gasteiger partial charge in [0.25, 0.3) is 5.56 Å². The molecule has 0 radical (unpaired) electrons. The Morgan fingerprint density at radius 2 is 2.00 bits per heavy atom. The molecule has 4 rings (SSSR count). The average Bonchev–Trinajstić information content (AvgIpc) is 3.13. The van der Waals surface area contributed by atoms with E-state index < -0.39 is 0 Å². The highest BCUT2D eigenvalue weighted by atomic mass is 16.2. The van der Waals surface area contributed by atoms with Gasteiger partial charge in [-0.25, -0.2) is 9.67 Å². The first-order valence-electron chi connectivity index (χ1n) is 9.15. The van der Waals surface area contributed by atoms with E-state index in [2.05, 4.69) is 15.3 Å². The predicted octanol–water partition coefficient (Wildman–Crippen LogP) is 2.26. The maximum Gasteiger partial charge on any atom is 0.295 e. The van der Waals surface area contributed by atoms with Crippen molar-refractivity contribution in [3.8, 4) is 5.69 Å². The molecule has 0 saturated heterocycles. The fourth-order valence-corrected chi connectivity index (χ4v) is 3.78. The highest BCUT2D eigenvalue weighted by Crippen LogP contribution is 2.25. The van der Waals surface area contributed by atoms with Crippen molar-refractivity contribution < 1.29 is 4.79 Å². The number of aryl methyl sites for hydroxylation is 2. The topological polar surface area (TPSA) is 84.7 Å². The lowest BCUT2D eigenvalue weighted by atomic mass is 9.89. The van der Waals surface area contributed by atoms with Gasteiger partial charge in [-0.2, -0.15) is 0 Å². The molecular formula is C20H23N5O2. The van der Waals surface area contributed by atoms with Crippen LogP contribution in [0.3, 0.4) is 0 Å². The second-order valence-corrected chi connectivity index (χ2v) is 7.11. The quantitative estimate of drug-likeness (QED) is 0.747. The van der Waals surface area contributed by atoms with E-state index in [4.69, 9.17) is 0 Å². The molecule has 0 bridgehead atoms. The van der Waals surface area contributed by atoms with Crippen molar-refractivity contribution in [3.63, 3.8) is 0 Å². The van der Waals surface area contributed by atoms with Gasteiger partial charge >= 0.3 is 0 Å². The molecule has 1 aliphatic carbocycles. The molecule has 0 saturated carbocycles. The summed E-state index contributed by atoms with van der Waals surface area (Å²) in [5.41, 5.74) is 3.71. The van der Waals surface area contributed by atoms with Crippen LogP contribution in [0.4, 0.5) is 5.69 Å². The standard InChI is InChI=1S/C20H23N5O2/c1-12-18(20(27)25(24(12)3)15-7-5-4-6-8-15)23-19(26)14-9-10-16-17(11-14)22-13(2)21-16/h4-8,14H,9-11H2,1-3H3,(H,21,22)(H,23,26).